The van der Waals surface area contributed by atoms with Crippen LogP contribution in [0.15, 0.2) is 31.1 Å². The fraction of sp³-hybridized carbons (Fsp3) is 0.444. The SMILES string of the molecule is CC(C)c1c(O)nc(-n2ccnc2)nc1-c1cnn(C2CCOCC2)c1. The average Bonchev–Trinajstić information content (AvgIpc) is 3.33. The number of hydrogen-bond donors (Lipinski definition) is 1. The highest BCUT2D eigenvalue weighted by atomic mass is 16.5. The van der Waals surface area contributed by atoms with Crippen LogP contribution in [0, 0.1) is 0 Å². The zero-order chi connectivity index (χ0) is 18.1. The zero-order valence-corrected chi connectivity index (χ0v) is 14.9. The summed E-state index contributed by atoms with van der Waals surface area (Å²) in [6, 6.07) is 0.337. The summed E-state index contributed by atoms with van der Waals surface area (Å²) in [5.41, 5.74) is 2.30. The van der Waals surface area contributed by atoms with Gasteiger partial charge in [-0.15, -0.1) is 0 Å². The molecule has 4 rings (SSSR count). The van der Waals surface area contributed by atoms with Crippen molar-refractivity contribution in [3.05, 3.63) is 36.7 Å². The van der Waals surface area contributed by atoms with Gasteiger partial charge < -0.3 is 9.84 Å². The lowest BCUT2D eigenvalue weighted by molar-refractivity contribution is 0.0662. The molecule has 8 nitrogen and oxygen atoms in total. The Labute approximate surface area is 151 Å². The van der Waals surface area contributed by atoms with Crippen LogP contribution in [0.1, 0.15) is 44.2 Å². The van der Waals surface area contributed by atoms with Crippen molar-refractivity contribution >= 4 is 0 Å². The predicted molar refractivity (Wildman–Crippen MR) is 95.2 cm³/mol. The minimum Gasteiger partial charge on any atom is -0.493 e. The molecule has 0 spiro atoms. The lowest BCUT2D eigenvalue weighted by Gasteiger charge is -2.22. The standard InChI is InChI=1S/C18H22N6O2/c1-12(2)15-16(21-18(22-17(15)25)23-6-5-19-11-23)13-9-20-24(10-13)14-3-7-26-8-4-14/h5-6,9-12,14H,3-4,7-8H2,1-2H3,(H,21,22,25). The monoisotopic (exact) mass is 354 g/mol. The van der Waals surface area contributed by atoms with E-state index in [9.17, 15) is 5.11 Å². The van der Waals surface area contributed by atoms with Crippen LogP contribution in [0.25, 0.3) is 17.2 Å². The molecule has 0 aromatic carbocycles. The smallest absolute Gasteiger partial charge is 0.238 e. The minimum absolute atomic E-state index is 0.00693. The zero-order valence-electron chi connectivity index (χ0n) is 14.9. The third kappa shape index (κ3) is 3.08. The van der Waals surface area contributed by atoms with Gasteiger partial charge in [-0.25, -0.2) is 9.97 Å². The fourth-order valence-corrected chi connectivity index (χ4v) is 3.30. The second-order valence-corrected chi connectivity index (χ2v) is 6.79. The van der Waals surface area contributed by atoms with E-state index in [1.165, 1.54) is 0 Å². The van der Waals surface area contributed by atoms with E-state index in [1.807, 2.05) is 24.7 Å². The quantitative estimate of drug-likeness (QED) is 0.775. The van der Waals surface area contributed by atoms with Gasteiger partial charge in [0.15, 0.2) is 0 Å². The predicted octanol–water partition coefficient (Wildman–Crippen LogP) is 2.71. The van der Waals surface area contributed by atoms with Crippen LogP contribution >= 0.6 is 0 Å². The maximum atomic E-state index is 10.5. The van der Waals surface area contributed by atoms with Crippen molar-refractivity contribution < 1.29 is 9.84 Å². The van der Waals surface area contributed by atoms with Crippen LogP contribution < -0.4 is 0 Å². The van der Waals surface area contributed by atoms with Crippen LogP contribution in [0.2, 0.25) is 0 Å². The highest BCUT2D eigenvalue weighted by molar-refractivity contribution is 5.65. The molecule has 0 unspecified atom stereocenters. The Morgan fingerprint density at radius 2 is 2.04 bits per heavy atom. The second kappa shape index (κ2) is 6.87. The minimum atomic E-state index is -0.00693. The molecule has 136 valence electrons. The van der Waals surface area contributed by atoms with Gasteiger partial charge in [0.05, 0.1) is 17.9 Å². The second-order valence-electron chi connectivity index (χ2n) is 6.79. The Kier molecular flexibility index (Phi) is 4.42. The van der Waals surface area contributed by atoms with E-state index >= 15 is 0 Å². The lowest BCUT2D eigenvalue weighted by Crippen LogP contribution is -2.19. The van der Waals surface area contributed by atoms with Crippen molar-refractivity contribution in [2.24, 2.45) is 0 Å². The van der Waals surface area contributed by atoms with Gasteiger partial charge in [-0.3, -0.25) is 9.25 Å². The Hall–Kier alpha value is -2.74. The summed E-state index contributed by atoms with van der Waals surface area (Å²) >= 11 is 0. The molecule has 0 amide bonds. The molecule has 1 aliphatic heterocycles. The molecule has 0 saturated carbocycles. The van der Waals surface area contributed by atoms with Gasteiger partial charge in [-0.05, 0) is 18.8 Å². The number of ether oxygens (including phenoxy) is 1. The summed E-state index contributed by atoms with van der Waals surface area (Å²) in [5.74, 6) is 0.457. The molecule has 26 heavy (non-hydrogen) atoms. The van der Waals surface area contributed by atoms with E-state index in [2.05, 4.69) is 15.1 Å². The van der Waals surface area contributed by atoms with Crippen LogP contribution in [-0.4, -0.2) is 47.6 Å². The van der Waals surface area contributed by atoms with Crippen molar-refractivity contribution in [1.82, 2.24) is 29.3 Å². The van der Waals surface area contributed by atoms with Crippen molar-refractivity contribution in [1.29, 1.82) is 0 Å². The molecule has 3 aromatic heterocycles. The normalized spacial score (nSPS) is 15.7. The topological polar surface area (TPSA) is 90.9 Å². The summed E-state index contributed by atoms with van der Waals surface area (Å²) in [4.78, 5) is 13.0. The van der Waals surface area contributed by atoms with E-state index < -0.39 is 0 Å². The molecule has 4 heterocycles. The summed E-state index contributed by atoms with van der Waals surface area (Å²) in [5, 5.41) is 15.1. The number of hydrogen-bond acceptors (Lipinski definition) is 6. The molecule has 0 atom stereocenters. The van der Waals surface area contributed by atoms with Crippen molar-refractivity contribution in [2.75, 3.05) is 13.2 Å². The maximum absolute atomic E-state index is 10.5. The Bertz CT molecular complexity index is 881. The molecule has 3 aromatic rings. The molecular weight excluding hydrogens is 332 g/mol. The first-order valence-corrected chi connectivity index (χ1v) is 8.85. The van der Waals surface area contributed by atoms with Gasteiger partial charge in [0.25, 0.3) is 0 Å². The Morgan fingerprint density at radius 1 is 1.23 bits per heavy atom. The van der Waals surface area contributed by atoms with E-state index in [4.69, 9.17) is 9.72 Å². The van der Waals surface area contributed by atoms with Crippen LogP contribution in [0.3, 0.4) is 0 Å². The maximum Gasteiger partial charge on any atom is 0.238 e. The molecule has 8 heteroatoms. The number of aromatic nitrogens is 6. The molecule has 1 fully saturated rings. The van der Waals surface area contributed by atoms with Gasteiger partial charge in [-0.2, -0.15) is 10.1 Å². The Balaban J connectivity index is 1.78. The third-order valence-corrected chi connectivity index (χ3v) is 4.67. The summed E-state index contributed by atoms with van der Waals surface area (Å²) < 4.78 is 9.09. The summed E-state index contributed by atoms with van der Waals surface area (Å²) in [7, 11) is 0. The van der Waals surface area contributed by atoms with E-state index in [-0.39, 0.29) is 11.8 Å². The molecule has 1 N–H and O–H groups in total. The largest absolute Gasteiger partial charge is 0.493 e. The van der Waals surface area contributed by atoms with Gasteiger partial charge in [0, 0.05) is 42.9 Å². The van der Waals surface area contributed by atoms with Crippen molar-refractivity contribution in [2.45, 2.75) is 38.6 Å². The summed E-state index contributed by atoms with van der Waals surface area (Å²) in [6.45, 7) is 5.55. The first-order chi connectivity index (χ1) is 12.6. The van der Waals surface area contributed by atoms with E-state index in [0.29, 0.717) is 17.7 Å². The van der Waals surface area contributed by atoms with Crippen molar-refractivity contribution in [3.8, 4) is 23.1 Å². The van der Waals surface area contributed by atoms with Gasteiger partial charge >= 0.3 is 0 Å². The van der Waals surface area contributed by atoms with Crippen LogP contribution in [-0.2, 0) is 4.74 Å². The average molecular weight is 354 g/mol. The van der Waals surface area contributed by atoms with Crippen LogP contribution in [0.4, 0.5) is 0 Å². The first kappa shape index (κ1) is 16.7. The molecule has 1 saturated heterocycles. The van der Waals surface area contributed by atoms with Crippen molar-refractivity contribution in [3.63, 3.8) is 0 Å². The molecule has 0 bridgehead atoms. The first-order valence-electron chi connectivity index (χ1n) is 8.85. The number of imidazole rings is 1. The highest BCUT2D eigenvalue weighted by Gasteiger charge is 2.22. The van der Waals surface area contributed by atoms with E-state index in [0.717, 1.165) is 37.2 Å². The number of nitrogens with zero attached hydrogens (tertiary/aromatic N) is 6. The van der Waals surface area contributed by atoms with Crippen LogP contribution in [0.5, 0.6) is 5.88 Å². The molecule has 0 radical (unpaired) electrons. The fourth-order valence-electron chi connectivity index (χ4n) is 3.30. The molecular formula is C18H22N6O2. The third-order valence-electron chi connectivity index (χ3n) is 4.67. The number of aromatic hydroxyl groups is 1. The number of rotatable bonds is 4. The highest BCUT2D eigenvalue weighted by Crippen LogP contribution is 2.34. The van der Waals surface area contributed by atoms with Gasteiger partial charge in [0.2, 0.25) is 11.8 Å². The van der Waals surface area contributed by atoms with Gasteiger partial charge in [-0.1, -0.05) is 13.8 Å². The van der Waals surface area contributed by atoms with Gasteiger partial charge in [0.1, 0.15) is 6.33 Å². The molecule has 0 aliphatic carbocycles. The summed E-state index contributed by atoms with van der Waals surface area (Å²) in [6.07, 6.45) is 10.7. The Morgan fingerprint density at radius 3 is 2.73 bits per heavy atom. The molecule has 1 aliphatic rings. The van der Waals surface area contributed by atoms with E-state index in [1.54, 1.807) is 29.5 Å². The lowest BCUT2D eigenvalue weighted by atomic mass is 9.99.